The van der Waals surface area contributed by atoms with Gasteiger partial charge in [-0.2, -0.15) is 4.80 Å². The molecular weight excluding hydrogens is 258 g/mol. The van der Waals surface area contributed by atoms with Crippen molar-refractivity contribution in [2.45, 2.75) is 6.92 Å². The number of anilines is 1. The molecule has 0 saturated carbocycles. The summed E-state index contributed by atoms with van der Waals surface area (Å²) in [6.45, 7) is 1.61. The maximum atomic E-state index is 12.2. The number of aliphatic hydroxyl groups is 1. The molecule has 0 spiro atoms. The van der Waals surface area contributed by atoms with E-state index in [0.717, 1.165) is 5.56 Å². The Kier molecular flexibility index (Phi) is 4.08. The molecule has 102 valence electrons. The average molecular weight is 271 g/mol. The maximum absolute atomic E-state index is 12.2. The number of nitrogens with zero attached hydrogens (tertiary/aromatic N) is 4. The highest BCUT2D eigenvalue weighted by atomic mass is 16.2. The van der Waals surface area contributed by atoms with E-state index in [-0.39, 0.29) is 18.5 Å². The van der Waals surface area contributed by atoms with Crippen molar-refractivity contribution in [2.24, 2.45) is 7.05 Å². The third kappa shape index (κ3) is 3.18. The molecule has 7 heteroatoms. The van der Waals surface area contributed by atoms with Gasteiger partial charge in [0.1, 0.15) is 6.61 Å². The number of rotatable bonds is 2. The number of amides is 1. The van der Waals surface area contributed by atoms with Crippen molar-refractivity contribution in [2.75, 3.05) is 11.9 Å². The number of aryl methyl sites for hydroxylation is 2. The highest BCUT2D eigenvalue weighted by Gasteiger charge is 2.13. The minimum Gasteiger partial charge on any atom is -0.384 e. The summed E-state index contributed by atoms with van der Waals surface area (Å²) in [6, 6.07) is 5.29. The Morgan fingerprint density at radius 3 is 2.95 bits per heavy atom. The summed E-state index contributed by atoms with van der Waals surface area (Å²) in [5.41, 5.74) is 1.86. The van der Waals surface area contributed by atoms with Crippen molar-refractivity contribution in [3.63, 3.8) is 0 Å². The van der Waals surface area contributed by atoms with Gasteiger partial charge in [-0.3, -0.25) is 10.1 Å². The van der Waals surface area contributed by atoms with Crippen LogP contribution < -0.4 is 5.32 Å². The van der Waals surface area contributed by atoms with Crippen molar-refractivity contribution < 1.29 is 9.90 Å². The third-order valence-corrected chi connectivity index (χ3v) is 2.46. The van der Waals surface area contributed by atoms with E-state index in [1.54, 1.807) is 19.2 Å². The molecule has 0 aliphatic heterocycles. The molecule has 20 heavy (non-hydrogen) atoms. The Morgan fingerprint density at radius 1 is 1.50 bits per heavy atom. The first-order valence-corrected chi connectivity index (χ1v) is 5.86. The zero-order valence-corrected chi connectivity index (χ0v) is 11.1. The third-order valence-electron chi connectivity index (χ3n) is 2.46. The first kappa shape index (κ1) is 13.7. The molecule has 0 saturated heterocycles. The quantitative estimate of drug-likeness (QED) is 0.756. The van der Waals surface area contributed by atoms with Crippen LogP contribution in [0.15, 0.2) is 18.2 Å². The van der Waals surface area contributed by atoms with Gasteiger partial charge in [0.05, 0.1) is 12.6 Å². The molecule has 2 N–H and O–H groups in total. The van der Waals surface area contributed by atoms with Gasteiger partial charge in [0.2, 0.25) is 0 Å². The Hall–Kier alpha value is -2.72. The van der Waals surface area contributed by atoms with Gasteiger partial charge < -0.3 is 5.11 Å². The SMILES string of the molecule is Cc1ccc(C#CCO)c(C(=O)Nc2nnn(C)n2)c1. The zero-order chi connectivity index (χ0) is 14.5. The molecular formula is C13H13N5O2. The number of nitrogens with one attached hydrogen (secondary N) is 1. The second-order valence-electron chi connectivity index (χ2n) is 4.07. The summed E-state index contributed by atoms with van der Waals surface area (Å²) < 4.78 is 0. The van der Waals surface area contributed by atoms with E-state index in [4.69, 9.17) is 5.11 Å². The molecule has 0 fully saturated rings. The lowest BCUT2D eigenvalue weighted by Crippen LogP contribution is -2.15. The van der Waals surface area contributed by atoms with Crippen molar-refractivity contribution >= 4 is 11.9 Å². The normalized spacial score (nSPS) is 9.75. The van der Waals surface area contributed by atoms with Gasteiger partial charge in [-0.15, -0.1) is 5.10 Å². The number of hydrogen-bond donors (Lipinski definition) is 2. The second-order valence-corrected chi connectivity index (χ2v) is 4.07. The van der Waals surface area contributed by atoms with Crippen molar-refractivity contribution in [3.05, 3.63) is 34.9 Å². The Morgan fingerprint density at radius 2 is 2.30 bits per heavy atom. The number of tetrazole rings is 1. The minimum atomic E-state index is -0.371. The van der Waals surface area contributed by atoms with Crippen LogP contribution in [-0.2, 0) is 7.05 Å². The largest absolute Gasteiger partial charge is 0.384 e. The predicted octanol–water partition coefficient (Wildman–Crippen LogP) is 0.115. The predicted molar refractivity (Wildman–Crippen MR) is 71.9 cm³/mol. The summed E-state index contributed by atoms with van der Waals surface area (Å²) in [7, 11) is 1.60. The fraction of sp³-hybridized carbons (Fsp3) is 0.231. The highest BCUT2D eigenvalue weighted by Crippen LogP contribution is 2.12. The number of carbonyl (C=O) groups is 1. The topological polar surface area (TPSA) is 92.9 Å². The van der Waals surface area contributed by atoms with E-state index in [0.29, 0.717) is 11.1 Å². The lowest BCUT2D eigenvalue weighted by atomic mass is 10.0. The molecule has 1 amide bonds. The van der Waals surface area contributed by atoms with Crippen molar-refractivity contribution in [1.29, 1.82) is 0 Å². The van der Waals surface area contributed by atoms with Gasteiger partial charge in [-0.1, -0.05) is 28.6 Å². The minimum absolute atomic E-state index is 0.125. The number of hydrogen-bond acceptors (Lipinski definition) is 5. The molecule has 0 radical (unpaired) electrons. The molecule has 2 rings (SSSR count). The monoisotopic (exact) mass is 271 g/mol. The van der Waals surface area contributed by atoms with Crippen LogP contribution in [-0.4, -0.2) is 37.8 Å². The Bertz CT molecular complexity index is 696. The zero-order valence-electron chi connectivity index (χ0n) is 11.1. The summed E-state index contributed by atoms with van der Waals surface area (Å²) in [5.74, 6) is 5.02. The van der Waals surface area contributed by atoms with Crippen LogP contribution in [0.1, 0.15) is 21.5 Å². The van der Waals surface area contributed by atoms with Crippen molar-refractivity contribution in [3.8, 4) is 11.8 Å². The fourth-order valence-electron chi connectivity index (χ4n) is 1.59. The van der Waals surface area contributed by atoms with E-state index in [2.05, 4.69) is 32.6 Å². The molecule has 0 atom stereocenters. The second kappa shape index (κ2) is 5.95. The maximum Gasteiger partial charge on any atom is 0.270 e. The van der Waals surface area contributed by atoms with E-state index in [1.807, 2.05) is 13.0 Å². The van der Waals surface area contributed by atoms with Crippen LogP contribution in [0.3, 0.4) is 0 Å². The molecule has 1 aromatic carbocycles. The molecule has 1 heterocycles. The molecule has 0 aliphatic carbocycles. The van der Waals surface area contributed by atoms with Crippen LogP contribution in [0.4, 0.5) is 5.95 Å². The smallest absolute Gasteiger partial charge is 0.270 e. The Balaban J connectivity index is 2.30. The van der Waals surface area contributed by atoms with E-state index < -0.39 is 0 Å². The average Bonchev–Trinajstić information content (AvgIpc) is 2.82. The van der Waals surface area contributed by atoms with Crippen LogP contribution in [0.5, 0.6) is 0 Å². The fourth-order valence-corrected chi connectivity index (χ4v) is 1.59. The number of aliphatic hydroxyl groups excluding tert-OH is 1. The standard InChI is InChI=1S/C13H13N5O2/c1-9-5-6-10(4-3-7-19)11(8-9)12(20)14-13-15-17-18(2)16-13/h5-6,8,19H,7H2,1-2H3,(H,14,16,20). The van der Waals surface area contributed by atoms with Gasteiger partial charge in [0.25, 0.3) is 11.9 Å². The highest BCUT2D eigenvalue weighted by molar-refractivity contribution is 6.05. The summed E-state index contributed by atoms with van der Waals surface area (Å²) in [6.07, 6.45) is 0. The summed E-state index contributed by atoms with van der Waals surface area (Å²) in [4.78, 5) is 13.4. The first-order chi connectivity index (χ1) is 9.60. The molecule has 0 aliphatic rings. The van der Waals surface area contributed by atoms with E-state index in [1.165, 1.54) is 4.80 Å². The van der Waals surface area contributed by atoms with Gasteiger partial charge in [0, 0.05) is 5.56 Å². The lowest BCUT2D eigenvalue weighted by molar-refractivity contribution is 0.102. The van der Waals surface area contributed by atoms with Gasteiger partial charge in [0.15, 0.2) is 0 Å². The van der Waals surface area contributed by atoms with Gasteiger partial charge in [-0.05, 0) is 24.3 Å². The van der Waals surface area contributed by atoms with E-state index >= 15 is 0 Å². The first-order valence-electron chi connectivity index (χ1n) is 5.86. The lowest BCUT2D eigenvalue weighted by Gasteiger charge is -2.05. The molecule has 1 aromatic heterocycles. The molecule has 0 unspecified atom stereocenters. The van der Waals surface area contributed by atoms with Crippen molar-refractivity contribution in [1.82, 2.24) is 20.2 Å². The molecule has 0 bridgehead atoms. The van der Waals surface area contributed by atoms with Gasteiger partial charge >= 0.3 is 0 Å². The number of carbonyl (C=O) groups excluding carboxylic acids is 1. The Labute approximate surface area is 115 Å². The molecule has 7 nitrogen and oxygen atoms in total. The van der Waals surface area contributed by atoms with Crippen LogP contribution in [0, 0.1) is 18.8 Å². The van der Waals surface area contributed by atoms with Crippen LogP contribution >= 0.6 is 0 Å². The van der Waals surface area contributed by atoms with Crippen LogP contribution in [0.2, 0.25) is 0 Å². The number of aromatic nitrogens is 4. The molecule has 2 aromatic rings. The van der Waals surface area contributed by atoms with E-state index in [9.17, 15) is 4.79 Å². The summed E-state index contributed by atoms with van der Waals surface area (Å²) >= 11 is 0. The summed E-state index contributed by atoms with van der Waals surface area (Å²) in [5, 5.41) is 22.5. The van der Waals surface area contributed by atoms with Crippen LogP contribution in [0.25, 0.3) is 0 Å². The van der Waals surface area contributed by atoms with Gasteiger partial charge in [-0.25, -0.2) is 0 Å². The number of benzene rings is 1.